The maximum absolute atomic E-state index is 5.36. The minimum Gasteiger partial charge on any atom is -0.448 e. The highest BCUT2D eigenvalue weighted by molar-refractivity contribution is 7.09. The van der Waals surface area contributed by atoms with E-state index in [1.165, 1.54) is 4.88 Å². The van der Waals surface area contributed by atoms with Crippen molar-refractivity contribution in [2.75, 3.05) is 0 Å². The molecule has 3 aromatic heterocycles. The van der Waals surface area contributed by atoms with E-state index >= 15 is 0 Å². The molecule has 0 N–H and O–H groups in total. The number of aromatic nitrogens is 3. The number of hydrogen-bond acceptors (Lipinski definition) is 6. The first-order valence-electron chi connectivity index (χ1n) is 6.65. The van der Waals surface area contributed by atoms with Crippen molar-refractivity contribution in [1.82, 2.24) is 15.1 Å². The van der Waals surface area contributed by atoms with Crippen molar-refractivity contribution in [1.29, 1.82) is 0 Å². The summed E-state index contributed by atoms with van der Waals surface area (Å²) in [6, 6.07) is 4.15. The molecular weight excluding hydrogens is 274 g/mol. The number of rotatable bonds is 6. The monoisotopic (exact) mass is 289 g/mol. The smallest absolute Gasteiger partial charge is 0.227 e. The fraction of sp³-hybridized carbons (Fsp3) is 0.357. The first-order chi connectivity index (χ1) is 9.85. The Hall–Kier alpha value is -1.95. The molecule has 0 atom stereocenters. The molecule has 0 saturated carbocycles. The second kappa shape index (κ2) is 6.00. The van der Waals surface area contributed by atoms with Gasteiger partial charge in [0.15, 0.2) is 5.89 Å². The van der Waals surface area contributed by atoms with Crippen molar-refractivity contribution in [2.24, 2.45) is 0 Å². The minimum absolute atomic E-state index is 0.497. The highest BCUT2D eigenvalue weighted by Crippen LogP contribution is 2.17. The van der Waals surface area contributed by atoms with E-state index in [1.54, 1.807) is 17.6 Å². The van der Waals surface area contributed by atoms with Gasteiger partial charge >= 0.3 is 0 Å². The van der Waals surface area contributed by atoms with Crippen LogP contribution >= 0.6 is 11.3 Å². The van der Waals surface area contributed by atoms with Gasteiger partial charge < -0.3 is 8.94 Å². The molecule has 0 aliphatic carbocycles. The summed E-state index contributed by atoms with van der Waals surface area (Å²) in [7, 11) is 0. The van der Waals surface area contributed by atoms with Gasteiger partial charge in [-0.25, -0.2) is 4.98 Å². The van der Waals surface area contributed by atoms with E-state index in [9.17, 15) is 0 Å². The molecule has 20 heavy (non-hydrogen) atoms. The molecule has 0 radical (unpaired) electrons. The lowest BCUT2D eigenvalue weighted by Gasteiger charge is -1.90. The highest BCUT2D eigenvalue weighted by atomic mass is 32.1. The van der Waals surface area contributed by atoms with Crippen molar-refractivity contribution in [2.45, 2.75) is 32.6 Å². The minimum atomic E-state index is 0.497. The topological polar surface area (TPSA) is 65.0 Å². The lowest BCUT2D eigenvalue weighted by atomic mass is 10.2. The predicted octanol–water partition coefficient (Wildman–Crippen LogP) is 3.52. The van der Waals surface area contributed by atoms with Crippen LogP contribution in [0.15, 0.2) is 32.7 Å². The predicted molar refractivity (Wildman–Crippen MR) is 75.5 cm³/mol. The lowest BCUT2D eigenvalue weighted by Crippen LogP contribution is -1.89. The quantitative estimate of drug-likeness (QED) is 0.694. The largest absolute Gasteiger partial charge is 0.448 e. The average Bonchev–Trinajstić information content (AvgIpc) is 3.18. The molecule has 3 rings (SSSR count). The van der Waals surface area contributed by atoms with Gasteiger partial charge in [-0.3, -0.25) is 0 Å². The van der Waals surface area contributed by atoms with E-state index in [-0.39, 0.29) is 0 Å². The SMILES string of the molecule is CCCc1nc(-c2noc(CCc3cccs3)n2)co1. The van der Waals surface area contributed by atoms with Gasteiger partial charge in [-0.2, -0.15) is 4.98 Å². The first kappa shape index (κ1) is 13.1. The van der Waals surface area contributed by atoms with Crippen LogP contribution in [0.4, 0.5) is 0 Å². The summed E-state index contributed by atoms with van der Waals surface area (Å²) in [5.74, 6) is 1.85. The van der Waals surface area contributed by atoms with Crippen LogP contribution in [0.2, 0.25) is 0 Å². The van der Waals surface area contributed by atoms with Gasteiger partial charge in [0.2, 0.25) is 11.7 Å². The third-order valence-corrected chi connectivity index (χ3v) is 3.81. The molecule has 0 aromatic carbocycles. The van der Waals surface area contributed by atoms with Gasteiger partial charge in [-0.05, 0) is 24.3 Å². The zero-order valence-electron chi connectivity index (χ0n) is 11.2. The Morgan fingerprint density at radius 1 is 1.15 bits per heavy atom. The van der Waals surface area contributed by atoms with Crippen LogP contribution in [-0.4, -0.2) is 15.1 Å². The van der Waals surface area contributed by atoms with Crippen LogP contribution in [0.25, 0.3) is 11.5 Å². The Bertz CT molecular complexity index is 658. The fourth-order valence-electron chi connectivity index (χ4n) is 1.89. The van der Waals surface area contributed by atoms with Crippen LogP contribution in [0.1, 0.15) is 30.0 Å². The molecule has 0 spiro atoms. The second-order valence-corrected chi connectivity index (χ2v) is 5.50. The molecular formula is C14H15N3O2S. The maximum Gasteiger partial charge on any atom is 0.227 e. The Labute approximate surface area is 120 Å². The normalized spacial score (nSPS) is 11.1. The van der Waals surface area contributed by atoms with Crippen molar-refractivity contribution in [3.63, 3.8) is 0 Å². The van der Waals surface area contributed by atoms with Crippen LogP contribution in [0.5, 0.6) is 0 Å². The zero-order chi connectivity index (χ0) is 13.8. The lowest BCUT2D eigenvalue weighted by molar-refractivity contribution is 0.379. The van der Waals surface area contributed by atoms with Gasteiger partial charge in [-0.1, -0.05) is 18.1 Å². The molecule has 3 aromatic rings. The van der Waals surface area contributed by atoms with Gasteiger partial charge in [0, 0.05) is 17.7 Å². The van der Waals surface area contributed by atoms with Gasteiger partial charge in [0.05, 0.1) is 0 Å². The standard InChI is InChI=1S/C14H15N3O2S/c1-2-4-12-15-11(9-18-12)14-16-13(19-17-14)7-6-10-5-3-8-20-10/h3,5,8-9H,2,4,6-7H2,1H3. The van der Waals surface area contributed by atoms with E-state index in [1.807, 2.05) is 6.07 Å². The van der Waals surface area contributed by atoms with Crippen molar-refractivity contribution >= 4 is 11.3 Å². The second-order valence-electron chi connectivity index (χ2n) is 4.47. The number of thiophene rings is 1. The van der Waals surface area contributed by atoms with E-state index in [0.717, 1.165) is 25.7 Å². The number of oxazole rings is 1. The van der Waals surface area contributed by atoms with Crippen LogP contribution < -0.4 is 0 Å². The molecule has 0 amide bonds. The Kier molecular flexibility index (Phi) is 3.92. The van der Waals surface area contributed by atoms with Gasteiger partial charge in [-0.15, -0.1) is 11.3 Å². The average molecular weight is 289 g/mol. The van der Waals surface area contributed by atoms with E-state index in [2.05, 4.69) is 33.5 Å². The first-order valence-corrected chi connectivity index (χ1v) is 7.53. The molecule has 0 aliphatic heterocycles. The molecule has 5 nitrogen and oxygen atoms in total. The number of hydrogen-bond donors (Lipinski definition) is 0. The zero-order valence-corrected chi connectivity index (χ0v) is 12.0. The fourth-order valence-corrected chi connectivity index (χ4v) is 2.60. The van der Waals surface area contributed by atoms with Crippen LogP contribution in [0.3, 0.4) is 0 Å². The molecule has 0 bridgehead atoms. The Morgan fingerprint density at radius 3 is 2.90 bits per heavy atom. The summed E-state index contributed by atoms with van der Waals surface area (Å²) in [5, 5.41) is 6.02. The van der Waals surface area contributed by atoms with Gasteiger partial charge in [0.25, 0.3) is 0 Å². The van der Waals surface area contributed by atoms with Gasteiger partial charge in [0.1, 0.15) is 12.0 Å². The molecule has 0 saturated heterocycles. The summed E-state index contributed by atoms with van der Waals surface area (Å²) in [6.07, 6.45) is 5.06. The molecule has 104 valence electrons. The highest BCUT2D eigenvalue weighted by Gasteiger charge is 2.13. The van der Waals surface area contributed by atoms with Crippen molar-refractivity contribution in [3.8, 4) is 11.5 Å². The molecule has 0 fully saturated rings. The summed E-state index contributed by atoms with van der Waals surface area (Å²) < 4.78 is 10.6. The van der Waals surface area contributed by atoms with E-state index < -0.39 is 0 Å². The van der Waals surface area contributed by atoms with E-state index in [4.69, 9.17) is 8.94 Å². The summed E-state index contributed by atoms with van der Waals surface area (Å²) in [6.45, 7) is 2.08. The van der Waals surface area contributed by atoms with Crippen molar-refractivity contribution < 1.29 is 8.94 Å². The molecule has 0 unspecified atom stereocenters. The number of nitrogens with zero attached hydrogens (tertiary/aromatic N) is 3. The summed E-state index contributed by atoms with van der Waals surface area (Å²) in [4.78, 5) is 10.0. The van der Waals surface area contributed by atoms with Crippen LogP contribution in [0, 0.1) is 0 Å². The third kappa shape index (κ3) is 2.96. The van der Waals surface area contributed by atoms with Crippen LogP contribution in [-0.2, 0) is 19.3 Å². The summed E-state index contributed by atoms with van der Waals surface area (Å²) >= 11 is 1.74. The van der Waals surface area contributed by atoms with Crippen molar-refractivity contribution in [3.05, 3.63) is 40.4 Å². The Morgan fingerprint density at radius 2 is 2.10 bits per heavy atom. The van der Waals surface area contributed by atoms with E-state index in [0.29, 0.717) is 23.3 Å². The maximum atomic E-state index is 5.36. The summed E-state index contributed by atoms with van der Waals surface area (Å²) in [5.41, 5.74) is 0.638. The molecule has 6 heteroatoms. The molecule has 0 aliphatic rings. The third-order valence-electron chi connectivity index (χ3n) is 2.88. The Balaban J connectivity index is 1.66. The number of aryl methyl sites for hydroxylation is 3. The molecule has 3 heterocycles.